The maximum Gasteiger partial charge on any atom is 0.434 e. The first-order chi connectivity index (χ1) is 15.1. The van der Waals surface area contributed by atoms with Crippen LogP contribution in [0.3, 0.4) is 0 Å². The van der Waals surface area contributed by atoms with E-state index >= 15 is 0 Å². The second-order valence-electron chi connectivity index (χ2n) is 7.11. The average Bonchev–Trinajstić information content (AvgIpc) is 3.36. The molecule has 9 nitrogen and oxygen atoms in total. The topological polar surface area (TPSA) is 119 Å². The summed E-state index contributed by atoms with van der Waals surface area (Å²) in [4.78, 5) is 19.1. The van der Waals surface area contributed by atoms with E-state index in [0.29, 0.717) is 31.0 Å². The van der Waals surface area contributed by atoms with Gasteiger partial charge in [-0.2, -0.15) is 13.2 Å². The highest BCUT2D eigenvalue weighted by Crippen LogP contribution is 2.33. The lowest BCUT2D eigenvalue weighted by Crippen LogP contribution is -2.30. The molecule has 0 amide bonds. The number of hydrogen-bond acceptors (Lipinski definition) is 8. The SMILES string of the molecule is NS(=O)(=O)c1cc2c(s1)CCN(c1ccnc(-c3cnc4cnc(C(F)(F)F)cn34)n1)C2. The molecule has 0 saturated heterocycles. The Labute approximate surface area is 183 Å². The first-order valence-corrected chi connectivity index (χ1v) is 11.6. The van der Waals surface area contributed by atoms with Crippen LogP contribution in [0.25, 0.3) is 17.2 Å². The maximum absolute atomic E-state index is 13.1. The zero-order chi connectivity index (χ0) is 22.7. The minimum Gasteiger partial charge on any atom is -0.352 e. The summed E-state index contributed by atoms with van der Waals surface area (Å²) >= 11 is 1.16. The Balaban J connectivity index is 1.49. The van der Waals surface area contributed by atoms with Crippen molar-refractivity contribution in [2.45, 2.75) is 23.4 Å². The summed E-state index contributed by atoms with van der Waals surface area (Å²) in [5, 5.41) is 5.24. The lowest BCUT2D eigenvalue weighted by Gasteiger charge is -2.28. The first kappa shape index (κ1) is 20.8. The molecule has 0 unspecified atom stereocenters. The van der Waals surface area contributed by atoms with E-state index in [1.807, 2.05) is 4.90 Å². The molecule has 0 fully saturated rings. The van der Waals surface area contributed by atoms with Crippen LogP contribution in [0.4, 0.5) is 19.0 Å². The van der Waals surface area contributed by atoms with Crippen molar-refractivity contribution < 1.29 is 21.6 Å². The Morgan fingerprint density at radius 3 is 2.72 bits per heavy atom. The van der Waals surface area contributed by atoms with Crippen LogP contribution in [-0.2, 0) is 29.2 Å². The highest BCUT2D eigenvalue weighted by Gasteiger charge is 2.33. The van der Waals surface area contributed by atoms with Crippen LogP contribution >= 0.6 is 11.3 Å². The molecule has 0 bridgehead atoms. The van der Waals surface area contributed by atoms with Gasteiger partial charge in [0.15, 0.2) is 17.2 Å². The van der Waals surface area contributed by atoms with E-state index in [0.717, 1.165) is 34.2 Å². The predicted molar refractivity (Wildman–Crippen MR) is 109 cm³/mol. The standard InChI is InChI=1S/C18H14F3N7O2S2/c19-18(20,21)13-9-28-11(6-25-15(28)7-24-13)17-23-3-1-14(26-17)27-4-2-12-10(8-27)5-16(31-12)32(22,29)30/h1,3,5-7,9H,2,4,8H2,(H2,22,29,30). The third-order valence-electron chi connectivity index (χ3n) is 5.00. The van der Waals surface area contributed by atoms with Gasteiger partial charge in [0.05, 0.1) is 12.4 Å². The van der Waals surface area contributed by atoms with Gasteiger partial charge in [-0.3, -0.25) is 4.40 Å². The highest BCUT2D eigenvalue weighted by molar-refractivity contribution is 7.91. The number of sulfonamides is 1. The molecule has 0 saturated carbocycles. The monoisotopic (exact) mass is 481 g/mol. The van der Waals surface area contributed by atoms with Gasteiger partial charge >= 0.3 is 6.18 Å². The number of halogens is 3. The van der Waals surface area contributed by atoms with Crippen molar-refractivity contribution in [2.24, 2.45) is 5.14 Å². The van der Waals surface area contributed by atoms with Gasteiger partial charge in [0.1, 0.15) is 15.7 Å². The number of rotatable bonds is 3. The predicted octanol–water partition coefficient (Wildman–Crippen LogP) is 2.48. The summed E-state index contributed by atoms with van der Waals surface area (Å²) in [6.07, 6.45) is 0.831. The van der Waals surface area contributed by atoms with Gasteiger partial charge in [-0.15, -0.1) is 11.3 Å². The molecule has 4 aromatic rings. The first-order valence-electron chi connectivity index (χ1n) is 9.22. The van der Waals surface area contributed by atoms with Crippen LogP contribution in [0.2, 0.25) is 0 Å². The largest absolute Gasteiger partial charge is 0.434 e. The van der Waals surface area contributed by atoms with Gasteiger partial charge in [-0.05, 0) is 24.1 Å². The van der Waals surface area contributed by atoms with Crippen LogP contribution < -0.4 is 10.0 Å². The molecular weight excluding hydrogens is 467 g/mol. The normalized spacial score (nSPS) is 14.7. The fourth-order valence-electron chi connectivity index (χ4n) is 3.49. The molecular formula is C18H14F3N7O2S2. The van der Waals surface area contributed by atoms with Crippen molar-refractivity contribution in [3.05, 3.63) is 53.1 Å². The van der Waals surface area contributed by atoms with Crippen LogP contribution in [0, 0.1) is 0 Å². The number of imidazole rings is 1. The molecule has 32 heavy (non-hydrogen) atoms. The quantitative estimate of drug-likeness (QED) is 0.477. The fourth-order valence-corrected chi connectivity index (χ4v) is 5.46. The van der Waals surface area contributed by atoms with Gasteiger partial charge in [0.2, 0.25) is 10.0 Å². The molecule has 5 rings (SSSR count). The number of nitrogens with two attached hydrogens (primary N) is 1. The van der Waals surface area contributed by atoms with E-state index in [9.17, 15) is 21.6 Å². The zero-order valence-electron chi connectivity index (χ0n) is 16.1. The van der Waals surface area contributed by atoms with Crippen molar-refractivity contribution in [3.8, 4) is 11.5 Å². The third-order valence-corrected chi connectivity index (χ3v) is 7.66. The van der Waals surface area contributed by atoms with Gasteiger partial charge < -0.3 is 4.90 Å². The van der Waals surface area contributed by atoms with E-state index in [-0.39, 0.29) is 15.7 Å². The van der Waals surface area contributed by atoms with Crippen molar-refractivity contribution in [1.82, 2.24) is 24.3 Å². The van der Waals surface area contributed by atoms with Gasteiger partial charge in [-0.1, -0.05) is 0 Å². The summed E-state index contributed by atoms with van der Waals surface area (Å²) < 4.78 is 63.9. The lowest BCUT2D eigenvalue weighted by molar-refractivity contribution is -0.141. The average molecular weight is 481 g/mol. The second kappa shape index (κ2) is 7.21. The van der Waals surface area contributed by atoms with Crippen LogP contribution in [0.1, 0.15) is 16.1 Å². The Hall–Kier alpha value is -3.10. The molecule has 166 valence electrons. The molecule has 4 aromatic heterocycles. The van der Waals surface area contributed by atoms with Crippen molar-refractivity contribution >= 4 is 32.8 Å². The van der Waals surface area contributed by atoms with Crippen molar-refractivity contribution in [3.63, 3.8) is 0 Å². The zero-order valence-corrected chi connectivity index (χ0v) is 17.7. The molecule has 0 atom stereocenters. The summed E-state index contributed by atoms with van der Waals surface area (Å²) in [6.45, 7) is 1.01. The van der Waals surface area contributed by atoms with Crippen molar-refractivity contribution in [1.29, 1.82) is 0 Å². The third kappa shape index (κ3) is 3.69. The minimum absolute atomic E-state index is 0.118. The van der Waals surface area contributed by atoms with E-state index in [1.165, 1.54) is 16.8 Å². The number of thiophene rings is 1. The molecule has 0 spiro atoms. The molecule has 1 aliphatic heterocycles. The molecule has 5 heterocycles. The van der Waals surface area contributed by atoms with Crippen LogP contribution in [0.15, 0.2) is 41.1 Å². The number of aromatic nitrogens is 5. The van der Waals surface area contributed by atoms with Gasteiger partial charge in [0, 0.05) is 30.4 Å². The van der Waals surface area contributed by atoms with E-state index in [1.54, 1.807) is 12.1 Å². The summed E-state index contributed by atoms with van der Waals surface area (Å²) in [6, 6.07) is 3.26. The highest BCUT2D eigenvalue weighted by atomic mass is 32.2. The lowest BCUT2D eigenvalue weighted by atomic mass is 10.1. The van der Waals surface area contributed by atoms with Crippen LogP contribution in [-0.4, -0.2) is 39.3 Å². The number of fused-ring (bicyclic) bond motifs is 2. The Morgan fingerprint density at radius 2 is 1.97 bits per heavy atom. The van der Waals surface area contributed by atoms with Gasteiger partial charge in [-0.25, -0.2) is 33.5 Å². The molecule has 2 N–H and O–H groups in total. The van der Waals surface area contributed by atoms with Gasteiger partial charge in [0.25, 0.3) is 0 Å². The second-order valence-corrected chi connectivity index (χ2v) is 10.0. The molecule has 0 aromatic carbocycles. The maximum atomic E-state index is 13.1. The number of nitrogens with zero attached hydrogens (tertiary/aromatic N) is 6. The minimum atomic E-state index is -4.60. The van der Waals surface area contributed by atoms with E-state index < -0.39 is 21.9 Å². The van der Waals surface area contributed by atoms with E-state index in [4.69, 9.17) is 5.14 Å². The van der Waals surface area contributed by atoms with Crippen molar-refractivity contribution in [2.75, 3.05) is 11.4 Å². The number of anilines is 1. The molecule has 0 aliphatic carbocycles. The summed E-state index contributed by atoms with van der Waals surface area (Å²) in [5.74, 6) is 0.764. The number of hydrogen-bond donors (Lipinski definition) is 1. The summed E-state index contributed by atoms with van der Waals surface area (Å²) in [5.41, 5.74) is 0.325. The smallest absolute Gasteiger partial charge is 0.352 e. The molecule has 0 radical (unpaired) electrons. The number of primary sulfonamides is 1. The number of alkyl halides is 3. The Bertz CT molecular complexity index is 1450. The van der Waals surface area contributed by atoms with E-state index in [2.05, 4.69) is 19.9 Å². The van der Waals surface area contributed by atoms with Crippen LogP contribution in [0.5, 0.6) is 0 Å². The molecule has 1 aliphatic rings. The molecule has 14 heteroatoms. The Morgan fingerprint density at radius 1 is 1.16 bits per heavy atom. The Kier molecular flexibility index (Phi) is 4.69. The fraction of sp³-hybridized carbons (Fsp3) is 0.222. The summed E-state index contributed by atoms with van der Waals surface area (Å²) in [7, 11) is -3.77.